The molecule has 2 aromatic carbocycles. The molecule has 1 aromatic heterocycles. The van der Waals surface area contributed by atoms with Gasteiger partial charge in [0.25, 0.3) is 11.8 Å². The van der Waals surface area contributed by atoms with E-state index >= 15 is 0 Å². The third-order valence-corrected chi connectivity index (χ3v) is 6.98. The van der Waals surface area contributed by atoms with E-state index in [4.69, 9.17) is 9.47 Å². The molecule has 0 saturated carbocycles. The van der Waals surface area contributed by atoms with Gasteiger partial charge in [-0.25, -0.2) is 0 Å². The minimum atomic E-state index is -0.0783. The Balaban J connectivity index is 1.29. The van der Waals surface area contributed by atoms with Crippen LogP contribution >= 0.6 is 0 Å². The molecule has 7 heteroatoms. The number of likely N-dealkylation sites (N-methyl/N-ethyl adjacent to an activating group) is 1. The standard InChI is InChI=1S/C28H29N3O4/c1-30(28(33)23-9-5-6-14-29-23)24(17-20-7-3-2-4-8-20)21-12-15-31(16-13-21)27(32)22-10-11-25-26(18-22)35-19-34-25/h2-11,14,18,21,24H,12-13,15-17,19H2,1H3/t24-/m1/s1. The minimum absolute atomic E-state index is 0.000670. The summed E-state index contributed by atoms with van der Waals surface area (Å²) in [5.41, 5.74) is 2.25. The van der Waals surface area contributed by atoms with Crippen LogP contribution in [0.2, 0.25) is 0 Å². The molecule has 1 fully saturated rings. The van der Waals surface area contributed by atoms with E-state index in [2.05, 4.69) is 17.1 Å². The van der Waals surface area contributed by atoms with E-state index in [1.807, 2.05) is 47.2 Å². The average Bonchev–Trinajstić information content (AvgIpc) is 3.40. The largest absolute Gasteiger partial charge is 0.454 e. The maximum Gasteiger partial charge on any atom is 0.272 e. The number of amides is 2. The predicted molar refractivity (Wildman–Crippen MR) is 131 cm³/mol. The van der Waals surface area contributed by atoms with Crippen molar-refractivity contribution in [2.45, 2.75) is 25.3 Å². The molecule has 7 nitrogen and oxygen atoms in total. The molecule has 1 atom stereocenters. The Labute approximate surface area is 205 Å². The summed E-state index contributed by atoms with van der Waals surface area (Å²) < 4.78 is 10.8. The zero-order valence-electron chi connectivity index (χ0n) is 19.8. The molecule has 0 unspecified atom stereocenters. The first kappa shape index (κ1) is 22.9. The summed E-state index contributed by atoms with van der Waals surface area (Å²) in [7, 11) is 1.87. The van der Waals surface area contributed by atoms with Gasteiger partial charge in [-0.05, 0) is 61.1 Å². The molecule has 2 amide bonds. The number of carbonyl (C=O) groups is 2. The molecule has 0 N–H and O–H groups in total. The van der Waals surface area contributed by atoms with Crippen LogP contribution in [0.4, 0.5) is 0 Å². The summed E-state index contributed by atoms with van der Waals surface area (Å²) in [6.07, 6.45) is 4.06. The predicted octanol–water partition coefficient (Wildman–Crippen LogP) is 4.05. The van der Waals surface area contributed by atoms with Crippen LogP contribution in [0.1, 0.15) is 39.3 Å². The first-order valence-corrected chi connectivity index (χ1v) is 12.0. The van der Waals surface area contributed by atoms with E-state index in [0.717, 1.165) is 19.3 Å². The van der Waals surface area contributed by atoms with Gasteiger partial charge in [0.15, 0.2) is 11.5 Å². The van der Waals surface area contributed by atoms with Gasteiger partial charge in [0.1, 0.15) is 5.69 Å². The quantitative estimate of drug-likeness (QED) is 0.543. The molecule has 2 aliphatic rings. The number of carbonyl (C=O) groups excluding carboxylic acids is 2. The molecule has 0 bridgehead atoms. The third kappa shape index (κ3) is 4.99. The van der Waals surface area contributed by atoms with Crippen molar-refractivity contribution in [2.75, 3.05) is 26.9 Å². The molecular weight excluding hydrogens is 442 g/mol. The van der Waals surface area contributed by atoms with Crippen LogP contribution in [0.15, 0.2) is 72.9 Å². The monoisotopic (exact) mass is 471 g/mol. The zero-order chi connectivity index (χ0) is 24.2. The first-order valence-electron chi connectivity index (χ1n) is 12.0. The fraction of sp³-hybridized carbons (Fsp3) is 0.321. The fourth-order valence-electron chi connectivity index (χ4n) is 5.00. The van der Waals surface area contributed by atoms with Crippen LogP contribution in [-0.4, -0.2) is 59.6 Å². The lowest BCUT2D eigenvalue weighted by Gasteiger charge is -2.40. The van der Waals surface area contributed by atoms with Crippen molar-refractivity contribution in [3.63, 3.8) is 0 Å². The average molecular weight is 472 g/mol. The van der Waals surface area contributed by atoms with Crippen molar-refractivity contribution in [1.82, 2.24) is 14.8 Å². The van der Waals surface area contributed by atoms with Crippen molar-refractivity contribution in [3.8, 4) is 11.5 Å². The summed E-state index contributed by atoms with van der Waals surface area (Å²) in [5.74, 6) is 1.48. The Bertz CT molecular complexity index is 1180. The maximum absolute atomic E-state index is 13.2. The van der Waals surface area contributed by atoms with E-state index in [-0.39, 0.29) is 30.6 Å². The van der Waals surface area contributed by atoms with Gasteiger partial charge in [-0.3, -0.25) is 14.6 Å². The number of benzene rings is 2. The van der Waals surface area contributed by atoms with Crippen molar-refractivity contribution >= 4 is 11.8 Å². The highest BCUT2D eigenvalue weighted by Gasteiger charge is 2.34. The number of hydrogen-bond acceptors (Lipinski definition) is 5. The Hall–Kier alpha value is -3.87. The number of fused-ring (bicyclic) bond motifs is 1. The lowest BCUT2D eigenvalue weighted by Crippen LogP contribution is -2.48. The van der Waals surface area contributed by atoms with Gasteiger partial charge < -0.3 is 19.3 Å². The van der Waals surface area contributed by atoms with Gasteiger partial charge in [-0.1, -0.05) is 36.4 Å². The minimum Gasteiger partial charge on any atom is -0.454 e. The van der Waals surface area contributed by atoms with Crippen LogP contribution in [0.5, 0.6) is 11.5 Å². The fourth-order valence-corrected chi connectivity index (χ4v) is 5.00. The summed E-state index contributed by atoms with van der Waals surface area (Å²) in [4.78, 5) is 34.4. The number of hydrogen-bond donors (Lipinski definition) is 0. The molecule has 3 aromatic rings. The summed E-state index contributed by atoms with van der Waals surface area (Å²) in [5, 5.41) is 0. The SMILES string of the molecule is CN(C(=O)c1ccccn1)[C@H](Cc1ccccc1)C1CCN(C(=O)c2ccc3c(c2)OCO3)CC1. The molecule has 0 spiro atoms. The number of likely N-dealkylation sites (tertiary alicyclic amines) is 1. The topological polar surface area (TPSA) is 72.0 Å². The Morgan fingerprint density at radius 1 is 1.00 bits per heavy atom. The summed E-state index contributed by atoms with van der Waals surface area (Å²) in [6.45, 7) is 1.48. The molecule has 3 heterocycles. The van der Waals surface area contributed by atoms with E-state index in [9.17, 15) is 9.59 Å². The molecule has 180 valence electrons. The molecule has 0 radical (unpaired) electrons. The van der Waals surface area contributed by atoms with Gasteiger partial charge in [0.2, 0.25) is 6.79 Å². The lowest BCUT2D eigenvalue weighted by atomic mass is 9.84. The summed E-state index contributed by atoms with van der Waals surface area (Å²) in [6, 6.07) is 21.0. The molecule has 0 aliphatic carbocycles. The van der Waals surface area contributed by atoms with Crippen LogP contribution in [0.3, 0.4) is 0 Å². The maximum atomic E-state index is 13.2. The number of rotatable bonds is 6. The second-order valence-corrected chi connectivity index (χ2v) is 9.09. The Morgan fingerprint density at radius 2 is 1.74 bits per heavy atom. The van der Waals surface area contributed by atoms with E-state index < -0.39 is 0 Å². The second-order valence-electron chi connectivity index (χ2n) is 9.09. The highest BCUT2D eigenvalue weighted by atomic mass is 16.7. The highest BCUT2D eigenvalue weighted by Crippen LogP contribution is 2.34. The van der Waals surface area contributed by atoms with Crippen LogP contribution in [0.25, 0.3) is 0 Å². The molecular formula is C28H29N3O4. The van der Waals surface area contributed by atoms with Gasteiger partial charge in [0, 0.05) is 37.9 Å². The number of ether oxygens (including phenoxy) is 2. The van der Waals surface area contributed by atoms with Crippen LogP contribution < -0.4 is 9.47 Å². The van der Waals surface area contributed by atoms with E-state index in [0.29, 0.717) is 35.8 Å². The van der Waals surface area contributed by atoms with Gasteiger partial charge in [-0.2, -0.15) is 0 Å². The number of nitrogens with zero attached hydrogens (tertiary/aromatic N) is 3. The zero-order valence-corrected chi connectivity index (χ0v) is 19.8. The third-order valence-electron chi connectivity index (χ3n) is 6.98. The summed E-state index contributed by atoms with van der Waals surface area (Å²) >= 11 is 0. The number of aromatic nitrogens is 1. The smallest absolute Gasteiger partial charge is 0.272 e. The van der Waals surface area contributed by atoms with Crippen molar-refractivity contribution in [1.29, 1.82) is 0 Å². The second kappa shape index (κ2) is 10.2. The highest BCUT2D eigenvalue weighted by molar-refractivity contribution is 5.95. The van der Waals surface area contributed by atoms with Gasteiger partial charge in [-0.15, -0.1) is 0 Å². The molecule has 1 saturated heterocycles. The Morgan fingerprint density at radius 3 is 2.49 bits per heavy atom. The van der Waals surface area contributed by atoms with Crippen molar-refractivity contribution in [2.24, 2.45) is 5.92 Å². The van der Waals surface area contributed by atoms with Gasteiger partial charge >= 0.3 is 0 Å². The van der Waals surface area contributed by atoms with E-state index in [1.165, 1.54) is 5.56 Å². The molecule has 2 aliphatic heterocycles. The van der Waals surface area contributed by atoms with Crippen molar-refractivity contribution in [3.05, 3.63) is 89.7 Å². The van der Waals surface area contributed by atoms with E-state index in [1.54, 1.807) is 30.5 Å². The normalized spacial score (nSPS) is 16.1. The van der Waals surface area contributed by atoms with Crippen molar-refractivity contribution < 1.29 is 19.1 Å². The molecule has 35 heavy (non-hydrogen) atoms. The Kier molecular flexibility index (Phi) is 6.66. The first-order chi connectivity index (χ1) is 17.1. The van der Waals surface area contributed by atoms with Crippen LogP contribution in [-0.2, 0) is 6.42 Å². The molecule has 5 rings (SSSR count). The number of piperidine rings is 1. The number of pyridine rings is 1. The van der Waals surface area contributed by atoms with Gasteiger partial charge in [0.05, 0.1) is 0 Å². The van der Waals surface area contributed by atoms with Crippen LogP contribution in [0, 0.1) is 5.92 Å². The lowest BCUT2D eigenvalue weighted by molar-refractivity contribution is 0.0519.